The first kappa shape index (κ1) is 17.0. The van der Waals surface area contributed by atoms with Gasteiger partial charge in [-0.15, -0.1) is 0 Å². The van der Waals surface area contributed by atoms with E-state index in [0.29, 0.717) is 17.8 Å². The summed E-state index contributed by atoms with van der Waals surface area (Å²) in [6, 6.07) is 0.960. The third-order valence-corrected chi connectivity index (χ3v) is 5.28. The average molecular weight is 365 g/mol. The summed E-state index contributed by atoms with van der Waals surface area (Å²) in [5, 5.41) is 18.8. The van der Waals surface area contributed by atoms with Gasteiger partial charge in [0.05, 0.1) is 5.39 Å². The van der Waals surface area contributed by atoms with Gasteiger partial charge in [-0.1, -0.05) is 0 Å². The molecule has 1 aliphatic carbocycles. The van der Waals surface area contributed by atoms with E-state index in [9.17, 15) is 24.2 Å². The van der Waals surface area contributed by atoms with Gasteiger partial charge in [0, 0.05) is 44.2 Å². The molecule has 0 bridgehead atoms. The van der Waals surface area contributed by atoms with E-state index in [0.717, 1.165) is 18.9 Å². The van der Waals surface area contributed by atoms with Crippen LogP contribution in [0.2, 0.25) is 0 Å². The number of pyridine rings is 1. The second-order valence-corrected chi connectivity index (χ2v) is 7.01. The zero-order valence-electron chi connectivity index (χ0n) is 14.0. The first-order valence-corrected chi connectivity index (χ1v) is 8.55. The molecule has 2 fully saturated rings. The number of aromatic nitrogens is 3. The summed E-state index contributed by atoms with van der Waals surface area (Å²) >= 11 is 0. The minimum absolute atomic E-state index is 0.00914. The number of hydrogen-bond donors (Lipinski definition) is 3. The Labute approximate surface area is 147 Å². The van der Waals surface area contributed by atoms with E-state index >= 15 is 0 Å². The van der Waals surface area contributed by atoms with Crippen molar-refractivity contribution in [1.29, 1.82) is 0 Å². The Morgan fingerprint density at radius 1 is 1.19 bits per heavy atom. The lowest BCUT2D eigenvalue weighted by Gasteiger charge is -2.19. The van der Waals surface area contributed by atoms with Crippen molar-refractivity contribution >= 4 is 16.9 Å². The molecule has 0 unspecified atom stereocenters. The third kappa shape index (κ3) is 2.48. The molecule has 3 heterocycles. The predicted octanol–water partition coefficient (Wildman–Crippen LogP) is -1.22. The van der Waals surface area contributed by atoms with E-state index in [1.807, 2.05) is 0 Å². The minimum atomic E-state index is -0.789. The predicted molar refractivity (Wildman–Crippen MR) is 92.0 cm³/mol. The number of aliphatic hydroxyl groups is 2. The molecule has 0 spiro atoms. The second kappa shape index (κ2) is 6.06. The Bertz CT molecular complexity index is 971. The first-order chi connectivity index (χ1) is 12.5. The molecule has 1 aliphatic heterocycles. The lowest BCUT2D eigenvalue weighted by Crippen LogP contribution is -2.45. The van der Waals surface area contributed by atoms with Gasteiger partial charge in [0.1, 0.15) is 0 Å². The van der Waals surface area contributed by atoms with Crippen LogP contribution in [0.3, 0.4) is 0 Å². The summed E-state index contributed by atoms with van der Waals surface area (Å²) < 4.78 is 16.5. The molecule has 4 N–H and O–H groups in total. The van der Waals surface area contributed by atoms with Crippen molar-refractivity contribution in [3.05, 3.63) is 32.7 Å². The Hall–Kier alpha value is -2.46. The van der Waals surface area contributed by atoms with Crippen LogP contribution in [0.1, 0.15) is 18.9 Å². The van der Waals surface area contributed by atoms with E-state index in [1.165, 1.54) is 4.57 Å². The summed E-state index contributed by atoms with van der Waals surface area (Å²) in [5.74, 6) is 4.47. The van der Waals surface area contributed by atoms with E-state index in [2.05, 4.69) is 4.98 Å². The highest BCUT2D eigenvalue weighted by atomic mass is 19.1. The van der Waals surface area contributed by atoms with Gasteiger partial charge in [-0.25, -0.2) is 14.2 Å². The summed E-state index contributed by atoms with van der Waals surface area (Å²) in [5.41, 5.74) is -1.34. The molecule has 2 atom stereocenters. The maximum absolute atomic E-state index is 14.7. The Morgan fingerprint density at radius 2 is 1.81 bits per heavy atom. The lowest BCUT2D eigenvalue weighted by molar-refractivity contribution is 0.152. The average Bonchev–Trinajstić information content (AvgIpc) is 3.38. The van der Waals surface area contributed by atoms with Crippen molar-refractivity contribution in [3.63, 3.8) is 0 Å². The Kier molecular flexibility index (Phi) is 3.96. The van der Waals surface area contributed by atoms with Crippen LogP contribution in [0, 0.1) is 17.7 Å². The summed E-state index contributed by atoms with van der Waals surface area (Å²) in [4.78, 5) is 30.6. The fourth-order valence-corrected chi connectivity index (χ4v) is 3.64. The van der Waals surface area contributed by atoms with Crippen molar-refractivity contribution in [1.82, 2.24) is 14.2 Å². The molecule has 0 aromatic carbocycles. The van der Waals surface area contributed by atoms with Gasteiger partial charge in [-0.2, -0.15) is 4.68 Å². The number of nitrogens with two attached hydrogens (primary N) is 1. The SMILES string of the molecule is Nn1c(=O)c2cc(F)c(N3C[C@@H](CO)[C@@H](CO)C3)nc2n(C2CC2)c1=O. The largest absolute Gasteiger partial charge is 0.396 e. The van der Waals surface area contributed by atoms with E-state index in [1.54, 1.807) is 4.90 Å². The highest BCUT2D eigenvalue weighted by Gasteiger charge is 2.35. The number of nitrogens with zero attached hydrogens (tertiary/aromatic N) is 4. The van der Waals surface area contributed by atoms with E-state index in [-0.39, 0.29) is 47.9 Å². The molecular weight excluding hydrogens is 345 g/mol. The van der Waals surface area contributed by atoms with Crippen LogP contribution in [0.5, 0.6) is 0 Å². The second-order valence-electron chi connectivity index (χ2n) is 7.01. The summed E-state index contributed by atoms with van der Waals surface area (Å²) in [6.07, 6.45) is 1.54. The van der Waals surface area contributed by atoms with Crippen molar-refractivity contribution < 1.29 is 14.6 Å². The minimum Gasteiger partial charge on any atom is -0.396 e. The molecule has 2 aromatic heterocycles. The fraction of sp³-hybridized carbons (Fsp3) is 0.562. The van der Waals surface area contributed by atoms with Gasteiger partial charge in [0.2, 0.25) is 0 Å². The van der Waals surface area contributed by atoms with Crippen molar-refractivity contribution in [2.24, 2.45) is 11.8 Å². The number of aliphatic hydroxyl groups excluding tert-OH is 2. The molecule has 10 heteroatoms. The standard InChI is InChI=1S/C16H20FN5O4/c17-12-3-11-13(21(10-1-2-10)16(26)22(18)15(11)25)19-14(12)20-4-8(6-23)9(5-20)7-24/h3,8-10,23-24H,1-2,4-7,18H2/t8-,9+. The highest BCUT2D eigenvalue weighted by Crippen LogP contribution is 2.36. The van der Waals surface area contributed by atoms with Gasteiger partial charge >= 0.3 is 5.69 Å². The topological polar surface area (TPSA) is 127 Å². The van der Waals surface area contributed by atoms with E-state index in [4.69, 9.17) is 5.84 Å². The fourth-order valence-electron chi connectivity index (χ4n) is 3.64. The van der Waals surface area contributed by atoms with Crippen LogP contribution in [0.15, 0.2) is 15.7 Å². The van der Waals surface area contributed by atoms with Crippen LogP contribution in [0.4, 0.5) is 10.2 Å². The number of anilines is 1. The van der Waals surface area contributed by atoms with Crippen LogP contribution in [-0.2, 0) is 0 Å². The Balaban J connectivity index is 1.89. The first-order valence-electron chi connectivity index (χ1n) is 8.55. The number of nitrogen functional groups attached to an aromatic ring is 1. The lowest BCUT2D eigenvalue weighted by atomic mass is 9.98. The van der Waals surface area contributed by atoms with Crippen molar-refractivity contribution in [2.45, 2.75) is 18.9 Å². The smallest absolute Gasteiger partial charge is 0.351 e. The maximum atomic E-state index is 14.7. The maximum Gasteiger partial charge on any atom is 0.351 e. The van der Waals surface area contributed by atoms with Gasteiger partial charge < -0.3 is 21.0 Å². The molecule has 2 aromatic rings. The Morgan fingerprint density at radius 3 is 2.35 bits per heavy atom. The van der Waals surface area contributed by atoms with Crippen LogP contribution in [-0.4, -0.2) is 50.7 Å². The van der Waals surface area contributed by atoms with Crippen molar-refractivity contribution in [3.8, 4) is 0 Å². The molecule has 2 aliphatic rings. The molecular formula is C16H20FN5O4. The van der Waals surface area contributed by atoms with Crippen molar-refractivity contribution in [2.75, 3.05) is 37.0 Å². The molecule has 1 saturated carbocycles. The zero-order chi connectivity index (χ0) is 18.6. The van der Waals surface area contributed by atoms with Crippen LogP contribution >= 0.6 is 0 Å². The van der Waals surface area contributed by atoms with Gasteiger partial charge in [0.25, 0.3) is 5.56 Å². The monoisotopic (exact) mass is 365 g/mol. The van der Waals surface area contributed by atoms with Crippen LogP contribution < -0.4 is 22.0 Å². The third-order valence-electron chi connectivity index (χ3n) is 5.28. The zero-order valence-corrected chi connectivity index (χ0v) is 14.0. The number of fused-ring (bicyclic) bond motifs is 1. The number of rotatable bonds is 4. The molecule has 4 rings (SSSR count). The normalized spacial score (nSPS) is 23.1. The quantitative estimate of drug-likeness (QED) is 0.580. The molecule has 140 valence electrons. The summed E-state index contributed by atoms with van der Waals surface area (Å²) in [7, 11) is 0. The van der Waals surface area contributed by atoms with E-state index < -0.39 is 17.1 Å². The summed E-state index contributed by atoms with van der Waals surface area (Å²) in [6.45, 7) is 0.417. The molecule has 0 radical (unpaired) electrons. The van der Waals surface area contributed by atoms with Crippen LogP contribution in [0.25, 0.3) is 11.0 Å². The highest BCUT2D eigenvalue weighted by molar-refractivity contribution is 5.77. The molecule has 1 saturated heterocycles. The van der Waals surface area contributed by atoms with Gasteiger partial charge in [0.15, 0.2) is 17.3 Å². The molecule has 26 heavy (non-hydrogen) atoms. The van der Waals surface area contributed by atoms with Gasteiger partial charge in [-0.3, -0.25) is 9.36 Å². The number of hydrogen-bond acceptors (Lipinski definition) is 7. The van der Waals surface area contributed by atoms with Gasteiger partial charge in [-0.05, 0) is 18.9 Å². The molecule has 9 nitrogen and oxygen atoms in total. The molecule has 0 amide bonds. The number of halogens is 1.